The molecular formula is C56H53NO2. The summed E-state index contributed by atoms with van der Waals surface area (Å²) < 4.78 is 7.35. The number of benzene rings is 7. The quantitative estimate of drug-likeness (QED) is 0.133. The summed E-state index contributed by atoms with van der Waals surface area (Å²) in [4.78, 5) is 13.5. The fourth-order valence-corrected chi connectivity index (χ4v) is 9.54. The van der Waals surface area contributed by atoms with Crippen LogP contribution < -0.4 is 10.1 Å². The van der Waals surface area contributed by atoms with Crippen LogP contribution in [0.3, 0.4) is 0 Å². The third-order valence-corrected chi connectivity index (χ3v) is 12.9. The van der Waals surface area contributed by atoms with Crippen LogP contribution in [-0.4, -0.2) is 5.91 Å². The molecule has 294 valence electrons. The normalized spacial score (nSPS) is 18.5. The van der Waals surface area contributed by atoms with E-state index in [1.807, 2.05) is 30.3 Å². The summed E-state index contributed by atoms with van der Waals surface area (Å²) in [6, 6.07) is 54.9. The van der Waals surface area contributed by atoms with Gasteiger partial charge < -0.3 is 10.1 Å². The van der Waals surface area contributed by atoms with Crippen LogP contribution in [0.25, 0.3) is 39.1 Å². The number of anilines is 1. The Balaban J connectivity index is 0.920. The third-order valence-electron chi connectivity index (χ3n) is 12.9. The van der Waals surface area contributed by atoms with Crippen molar-refractivity contribution < 1.29 is 9.53 Å². The predicted octanol–water partition coefficient (Wildman–Crippen LogP) is 14.9. The average molecular weight is 772 g/mol. The van der Waals surface area contributed by atoms with Gasteiger partial charge in [0, 0.05) is 33.5 Å². The Hall–Kier alpha value is -6.19. The van der Waals surface area contributed by atoms with Gasteiger partial charge in [0.15, 0.2) is 5.60 Å². The van der Waals surface area contributed by atoms with Crippen LogP contribution in [-0.2, 0) is 5.60 Å². The Kier molecular flexibility index (Phi) is 11.0. The highest BCUT2D eigenvalue weighted by atomic mass is 16.5. The van der Waals surface area contributed by atoms with E-state index in [4.69, 9.17) is 4.74 Å². The van der Waals surface area contributed by atoms with Crippen LogP contribution in [0.15, 0.2) is 164 Å². The van der Waals surface area contributed by atoms with Crippen molar-refractivity contribution in [3.05, 3.63) is 197 Å². The first-order valence-electron chi connectivity index (χ1n) is 21.7. The molecule has 0 spiro atoms. The first-order chi connectivity index (χ1) is 29.0. The number of fused-ring (bicyclic) bond motifs is 3. The highest BCUT2D eigenvalue weighted by molar-refractivity contribution is 6.05. The van der Waals surface area contributed by atoms with Gasteiger partial charge in [0.25, 0.3) is 5.91 Å². The van der Waals surface area contributed by atoms with Crippen molar-refractivity contribution in [2.24, 2.45) is 5.92 Å². The van der Waals surface area contributed by atoms with E-state index < -0.39 is 5.60 Å². The second kappa shape index (κ2) is 17.0. The largest absolute Gasteiger partial charge is 0.472 e. The summed E-state index contributed by atoms with van der Waals surface area (Å²) >= 11 is 0. The van der Waals surface area contributed by atoms with E-state index in [9.17, 15) is 4.79 Å². The average Bonchev–Trinajstić information content (AvgIpc) is 3.30. The van der Waals surface area contributed by atoms with Crippen molar-refractivity contribution in [2.45, 2.75) is 76.7 Å². The molecule has 7 aromatic carbocycles. The fourth-order valence-electron chi connectivity index (χ4n) is 9.54. The zero-order chi connectivity index (χ0) is 40.2. The summed E-state index contributed by atoms with van der Waals surface area (Å²) in [6.07, 6.45) is 15.3. The smallest absolute Gasteiger partial charge is 0.255 e. The van der Waals surface area contributed by atoms with Crippen LogP contribution in [0.4, 0.5) is 5.69 Å². The second-order valence-electron chi connectivity index (χ2n) is 16.7. The number of rotatable bonds is 11. The number of carbonyl (C=O) groups excluding carboxylic acids is 1. The van der Waals surface area contributed by atoms with Crippen molar-refractivity contribution >= 4 is 28.4 Å². The summed E-state index contributed by atoms with van der Waals surface area (Å²) in [7, 11) is 0. The first kappa shape index (κ1) is 38.3. The van der Waals surface area contributed by atoms with Gasteiger partial charge in [-0.3, -0.25) is 4.79 Å². The zero-order valence-corrected chi connectivity index (χ0v) is 34.3. The van der Waals surface area contributed by atoms with Gasteiger partial charge in [-0.15, -0.1) is 0 Å². The Morgan fingerprint density at radius 3 is 2.08 bits per heavy atom. The molecule has 0 aromatic heterocycles. The van der Waals surface area contributed by atoms with Crippen molar-refractivity contribution in [1.29, 1.82) is 0 Å². The molecule has 0 saturated heterocycles. The molecule has 7 aromatic rings. The number of nitrogens with one attached hydrogen (secondary N) is 1. The number of carbonyl (C=O) groups is 1. The van der Waals surface area contributed by atoms with Crippen LogP contribution in [0.2, 0.25) is 0 Å². The molecule has 0 radical (unpaired) electrons. The standard InChI is InChI=1S/C56H53NO2/c1-3-4-6-14-40-20-22-41(23-21-40)42-24-26-43(27-25-42)44-28-30-46(31-29-44)55(58)57-49-34-32-45(33-35-49)52-38-47-15-10-11-18-50(47)51-36-37-56(59-54(51)52,48-16-7-5-8-17-48)53-19-12-9-13-39(53)2/h5,7-13,15-19,24-38,40-41H,3-4,6,14,20-23H2,1-2H3,(H,57,58). The number of amides is 1. The molecule has 1 N–H and O–H groups in total. The van der Waals surface area contributed by atoms with Crippen molar-refractivity contribution in [2.75, 3.05) is 5.32 Å². The van der Waals surface area contributed by atoms with E-state index >= 15 is 0 Å². The summed E-state index contributed by atoms with van der Waals surface area (Å²) in [5, 5.41) is 5.42. The number of unbranched alkanes of at least 4 members (excludes halogenated alkanes) is 2. The number of aryl methyl sites for hydroxylation is 1. The van der Waals surface area contributed by atoms with E-state index in [2.05, 4.69) is 159 Å². The van der Waals surface area contributed by atoms with Crippen LogP contribution in [0.5, 0.6) is 5.75 Å². The minimum absolute atomic E-state index is 0.132. The van der Waals surface area contributed by atoms with Gasteiger partial charge in [-0.05, 0) is 126 Å². The van der Waals surface area contributed by atoms with Crippen LogP contribution in [0.1, 0.15) is 102 Å². The van der Waals surface area contributed by atoms with Gasteiger partial charge in [0.1, 0.15) is 5.75 Å². The molecule has 1 heterocycles. The van der Waals surface area contributed by atoms with Gasteiger partial charge in [-0.25, -0.2) is 0 Å². The van der Waals surface area contributed by atoms with Crippen LogP contribution in [0, 0.1) is 12.8 Å². The zero-order valence-electron chi connectivity index (χ0n) is 34.3. The van der Waals surface area contributed by atoms with E-state index in [1.54, 1.807) is 0 Å². The lowest BCUT2D eigenvalue weighted by atomic mass is 9.77. The molecular weight excluding hydrogens is 719 g/mol. The summed E-state index contributed by atoms with van der Waals surface area (Å²) in [5.74, 6) is 2.31. The van der Waals surface area contributed by atoms with Gasteiger partial charge in [-0.2, -0.15) is 0 Å². The number of hydrogen-bond acceptors (Lipinski definition) is 2. The maximum absolute atomic E-state index is 13.5. The van der Waals surface area contributed by atoms with Gasteiger partial charge in [-0.1, -0.05) is 160 Å². The molecule has 3 heteroatoms. The summed E-state index contributed by atoms with van der Waals surface area (Å²) in [6.45, 7) is 4.44. The van der Waals surface area contributed by atoms with Crippen molar-refractivity contribution in [3.8, 4) is 28.0 Å². The van der Waals surface area contributed by atoms with Crippen molar-refractivity contribution in [3.63, 3.8) is 0 Å². The Morgan fingerprint density at radius 2 is 1.36 bits per heavy atom. The Morgan fingerprint density at radius 1 is 0.695 bits per heavy atom. The lowest BCUT2D eigenvalue weighted by molar-refractivity contribution is 0.102. The minimum atomic E-state index is -0.809. The molecule has 2 aliphatic rings. The lowest BCUT2D eigenvalue weighted by Crippen LogP contribution is -2.35. The third kappa shape index (κ3) is 7.87. The van der Waals surface area contributed by atoms with Gasteiger partial charge in [0.05, 0.1) is 0 Å². The molecule has 1 aliphatic carbocycles. The SMILES string of the molecule is CCCCCC1CCC(c2ccc(-c3ccc(C(=O)Nc4ccc(-c5cc6ccccc6c6c5OC(c5ccccc5)(c5ccccc5C)C=C6)cc4)cc3)cc2)CC1. The monoisotopic (exact) mass is 771 g/mol. The maximum Gasteiger partial charge on any atom is 0.255 e. The Labute approximate surface area is 349 Å². The molecule has 1 unspecified atom stereocenters. The second-order valence-corrected chi connectivity index (χ2v) is 16.7. The van der Waals surface area contributed by atoms with Crippen molar-refractivity contribution in [1.82, 2.24) is 0 Å². The lowest BCUT2D eigenvalue weighted by Gasteiger charge is -2.38. The molecule has 59 heavy (non-hydrogen) atoms. The van der Waals surface area contributed by atoms with E-state index in [0.717, 1.165) is 67.1 Å². The molecule has 1 fully saturated rings. The van der Waals surface area contributed by atoms with Gasteiger partial charge >= 0.3 is 0 Å². The van der Waals surface area contributed by atoms with Gasteiger partial charge in [0.2, 0.25) is 0 Å². The number of hydrogen-bond donors (Lipinski definition) is 1. The van der Waals surface area contributed by atoms with E-state index in [0.29, 0.717) is 11.5 Å². The number of ether oxygens (including phenoxy) is 1. The molecule has 0 bridgehead atoms. The highest BCUT2D eigenvalue weighted by Gasteiger charge is 2.39. The van der Waals surface area contributed by atoms with E-state index in [1.165, 1.54) is 62.5 Å². The molecule has 1 atom stereocenters. The van der Waals surface area contributed by atoms with Crippen LogP contribution >= 0.6 is 0 Å². The highest BCUT2D eigenvalue weighted by Crippen LogP contribution is 2.49. The molecule has 1 saturated carbocycles. The van der Waals surface area contributed by atoms with E-state index in [-0.39, 0.29) is 5.91 Å². The molecule has 1 aliphatic heterocycles. The fraction of sp³-hybridized carbons (Fsp3) is 0.232. The topological polar surface area (TPSA) is 38.3 Å². The predicted molar refractivity (Wildman–Crippen MR) is 246 cm³/mol. The minimum Gasteiger partial charge on any atom is -0.472 e. The molecule has 3 nitrogen and oxygen atoms in total. The molecule has 1 amide bonds. The molecule has 9 rings (SSSR count). The maximum atomic E-state index is 13.5. The Bertz CT molecular complexity index is 2580. The summed E-state index contributed by atoms with van der Waals surface area (Å²) in [5.41, 5.74) is 10.7. The first-order valence-corrected chi connectivity index (χ1v) is 21.7.